The molecule has 0 spiro atoms. The van der Waals surface area contributed by atoms with Crippen LogP contribution in [-0.4, -0.2) is 24.1 Å². The van der Waals surface area contributed by atoms with Gasteiger partial charge >= 0.3 is 0 Å². The molecule has 1 heterocycles. The molecular weight excluding hydrogens is 265 g/mol. The number of aromatic nitrogens is 1. The number of alkyl halides is 1. The molecule has 0 saturated heterocycles. The maximum atomic E-state index is 6.05. The largest absolute Gasteiger partial charge is 0.383 e. The Morgan fingerprint density at radius 3 is 2.93 bits per heavy atom. The SMILES string of the molecule is COCC(Cl)Cc1ncc(Br)cc1C. The van der Waals surface area contributed by atoms with Crippen LogP contribution in [0.2, 0.25) is 0 Å². The number of halogens is 2. The molecule has 0 aliphatic heterocycles. The molecule has 0 amide bonds. The van der Waals surface area contributed by atoms with Crippen LogP contribution >= 0.6 is 27.5 Å². The van der Waals surface area contributed by atoms with E-state index in [9.17, 15) is 0 Å². The average molecular weight is 279 g/mol. The van der Waals surface area contributed by atoms with E-state index in [1.165, 1.54) is 0 Å². The summed E-state index contributed by atoms with van der Waals surface area (Å²) < 4.78 is 5.97. The van der Waals surface area contributed by atoms with Crippen molar-refractivity contribution in [2.24, 2.45) is 0 Å². The van der Waals surface area contributed by atoms with Crippen molar-refractivity contribution in [2.75, 3.05) is 13.7 Å². The van der Waals surface area contributed by atoms with Gasteiger partial charge in [-0.3, -0.25) is 4.98 Å². The normalized spacial score (nSPS) is 12.9. The fourth-order valence-electron chi connectivity index (χ4n) is 1.23. The van der Waals surface area contributed by atoms with Crippen LogP contribution in [0.25, 0.3) is 0 Å². The van der Waals surface area contributed by atoms with E-state index in [1.807, 2.05) is 13.0 Å². The molecule has 0 N–H and O–H groups in total. The monoisotopic (exact) mass is 277 g/mol. The summed E-state index contributed by atoms with van der Waals surface area (Å²) in [7, 11) is 1.65. The molecule has 2 nitrogen and oxygen atoms in total. The van der Waals surface area contributed by atoms with Gasteiger partial charge in [0.2, 0.25) is 0 Å². The van der Waals surface area contributed by atoms with Gasteiger partial charge in [0.1, 0.15) is 0 Å². The molecule has 14 heavy (non-hydrogen) atoms. The Labute approximate surface area is 97.8 Å². The van der Waals surface area contributed by atoms with E-state index in [1.54, 1.807) is 13.3 Å². The van der Waals surface area contributed by atoms with Gasteiger partial charge in [0.05, 0.1) is 12.0 Å². The molecule has 0 fully saturated rings. The molecule has 0 bridgehead atoms. The minimum Gasteiger partial charge on any atom is -0.383 e. The highest BCUT2D eigenvalue weighted by Gasteiger charge is 2.08. The molecule has 0 aliphatic rings. The van der Waals surface area contributed by atoms with Crippen molar-refractivity contribution < 1.29 is 4.74 Å². The molecule has 0 aliphatic carbocycles. The Bertz CT molecular complexity index is 306. The van der Waals surface area contributed by atoms with Crippen LogP contribution in [-0.2, 0) is 11.2 Å². The second-order valence-electron chi connectivity index (χ2n) is 3.17. The number of hydrogen-bond donors (Lipinski definition) is 0. The summed E-state index contributed by atoms with van der Waals surface area (Å²) in [4.78, 5) is 4.31. The number of methoxy groups -OCH3 is 1. The summed E-state index contributed by atoms with van der Waals surface area (Å²) in [6, 6.07) is 2.04. The quantitative estimate of drug-likeness (QED) is 0.790. The average Bonchev–Trinajstić information content (AvgIpc) is 2.10. The van der Waals surface area contributed by atoms with Gasteiger partial charge in [0.25, 0.3) is 0 Å². The van der Waals surface area contributed by atoms with Crippen molar-refractivity contribution in [3.63, 3.8) is 0 Å². The van der Waals surface area contributed by atoms with Crippen LogP contribution in [0.4, 0.5) is 0 Å². The minimum absolute atomic E-state index is 0.00706. The molecule has 1 rings (SSSR count). The lowest BCUT2D eigenvalue weighted by atomic mass is 10.1. The molecular formula is C10H13BrClNO. The number of ether oxygens (including phenoxy) is 1. The first-order valence-electron chi connectivity index (χ1n) is 4.37. The van der Waals surface area contributed by atoms with Crippen LogP contribution < -0.4 is 0 Å². The fraction of sp³-hybridized carbons (Fsp3) is 0.500. The van der Waals surface area contributed by atoms with Crippen LogP contribution in [0.1, 0.15) is 11.3 Å². The third kappa shape index (κ3) is 3.56. The zero-order chi connectivity index (χ0) is 10.6. The second kappa shape index (κ2) is 5.69. The Balaban J connectivity index is 2.67. The Kier molecular flexibility index (Phi) is 4.85. The maximum Gasteiger partial charge on any atom is 0.0630 e. The number of hydrogen-bond acceptors (Lipinski definition) is 2. The summed E-state index contributed by atoms with van der Waals surface area (Å²) in [5, 5.41) is -0.00706. The zero-order valence-corrected chi connectivity index (χ0v) is 10.6. The van der Waals surface area contributed by atoms with Gasteiger partial charge in [-0.2, -0.15) is 0 Å². The van der Waals surface area contributed by atoms with E-state index < -0.39 is 0 Å². The first-order chi connectivity index (χ1) is 6.63. The van der Waals surface area contributed by atoms with E-state index in [4.69, 9.17) is 16.3 Å². The summed E-state index contributed by atoms with van der Waals surface area (Å²) in [6.07, 6.45) is 2.53. The van der Waals surface area contributed by atoms with E-state index in [-0.39, 0.29) is 5.38 Å². The van der Waals surface area contributed by atoms with Crippen molar-refractivity contribution in [2.45, 2.75) is 18.7 Å². The molecule has 1 aromatic heterocycles. The standard InChI is InChI=1S/C10H13BrClNO/c1-7-3-8(11)5-13-10(7)4-9(12)6-14-2/h3,5,9H,4,6H2,1-2H3. The smallest absolute Gasteiger partial charge is 0.0630 e. The van der Waals surface area contributed by atoms with E-state index in [0.717, 1.165) is 22.2 Å². The topological polar surface area (TPSA) is 22.1 Å². The van der Waals surface area contributed by atoms with Gasteiger partial charge in [-0.25, -0.2) is 0 Å². The lowest BCUT2D eigenvalue weighted by molar-refractivity contribution is 0.197. The van der Waals surface area contributed by atoms with Crippen LogP contribution in [0.3, 0.4) is 0 Å². The van der Waals surface area contributed by atoms with Gasteiger partial charge < -0.3 is 4.74 Å². The lowest BCUT2D eigenvalue weighted by Gasteiger charge is -2.09. The Morgan fingerprint density at radius 1 is 1.64 bits per heavy atom. The number of pyridine rings is 1. The highest BCUT2D eigenvalue weighted by molar-refractivity contribution is 9.10. The van der Waals surface area contributed by atoms with Gasteiger partial charge in [-0.1, -0.05) is 0 Å². The first-order valence-corrected chi connectivity index (χ1v) is 5.60. The fourth-order valence-corrected chi connectivity index (χ4v) is 1.95. The van der Waals surface area contributed by atoms with E-state index >= 15 is 0 Å². The summed E-state index contributed by atoms with van der Waals surface area (Å²) in [5.74, 6) is 0. The highest BCUT2D eigenvalue weighted by Crippen LogP contribution is 2.15. The van der Waals surface area contributed by atoms with Crippen LogP contribution in [0.5, 0.6) is 0 Å². The summed E-state index contributed by atoms with van der Waals surface area (Å²) in [5.41, 5.74) is 2.19. The molecule has 0 radical (unpaired) electrons. The first kappa shape index (κ1) is 12.0. The Hall–Kier alpha value is -0.120. The molecule has 1 aromatic rings. The zero-order valence-electron chi connectivity index (χ0n) is 8.26. The van der Waals surface area contributed by atoms with E-state index in [2.05, 4.69) is 20.9 Å². The summed E-state index contributed by atoms with van der Waals surface area (Å²) >= 11 is 9.42. The van der Waals surface area contributed by atoms with Crippen molar-refractivity contribution in [3.05, 3.63) is 28.0 Å². The Morgan fingerprint density at radius 2 is 2.36 bits per heavy atom. The van der Waals surface area contributed by atoms with Crippen molar-refractivity contribution in [3.8, 4) is 0 Å². The van der Waals surface area contributed by atoms with Gasteiger partial charge in [-0.05, 0) is 34.5 Å². The summed E-state index contributed by atoms with van der Waals surface area (Å²) in [6.45, 7) is 2.59. The van der Waals surface area contributed by atoms with Crippen LogP contribution in [0.15, 0.2) is 16.7 Å². The van der Waals surface area contributed by atoms with Crippen molar-refractivity contribution >= 4 is 27.5 Å². The predicted molar refractivity (Wildman–Crippen MR) is 61.9 cm³/mol. The third-order valence-electron chi connectivity index (χ3n) is 1.92. The second-order valence-corrected chi connectivity index (χ2v) is 4.71. The molecule has 0 saturated carbocycles. The van der Waals surface area contributed by atoms with Crippen LogP contribution in [0, 0.1) is 6.92 Å². The molecule has 1 unspecified atom stereocenters. The van der Waals surface area contributed by atoms with Crippen molar-refractivity contribution in [1.29, 1.82) is 0 Å². The van der Waals surface area contributed by atoms with Gasteiger partial charge in [-0.15, -0.1) is 11.6 Å². The number of aryl methyl sites for hydroxylation is 1. The van der Waals surface area contributed by atoms with Crippen molar-refractivity contribution in [1.82, 2.24) is 4.98 Å². The van der Waals surface area contributed by atoms with Gasteiger partial charge in [0, 0.05) is 29.9 Å². The predicted octanol–water partition coefficient (Wildman–Crippen LogP) is 2.95. The third-order valence-corrected chi connectivity index (χ3v) is 2.63. The molecule has 4 heteroatoms. The minimum atomic E-state index is -0.00706. The molecule has 0 aromatic carbocycles. The highest BCUT2D eigenvalue weighted by atomic mass is 79.9. The lowest BCUT2D eigenvalue weighted by Crippen LogP contribution is -2.12. The maximum absolute atomic E-state index is 6.05. The number of rotatable bonds is 4. The molecule has 78 valence electrons. The number of nitrogens with zero attached hydrogens (tertiary/aromatic N) is 1. The molecule has 1 atom stereocenters. The van der Waals surface area contributed by atoms with E-state index in [0.29, 0.717) is 6.61 Å². The van der Waals surface area contributed by atoms with Gasteiger partial charge in [0.15, 0.2) is 0 Å².